The molecule has 6 nitrogen and oxygen atoms in total. The van der Waals surface area contributed by atoms with Gasteiger partial charge in [0, 0.05) is 12.3 Å². The minimum Gasteiger partial charge on any atom is -0.505 e. The number of allylic oxidation sites excluding steroid dienone is 1. The Kier molecular flexibility index (Phi) is 11.9. The van der Waals surface area contributed by atoms with Crippen LogP contribution in [0, 0.1) is 23.7 Å². The fraction of sp³-hybridized carbons (Fsp3) is 0.750. The maximum Gasteiger partial charge on any atom is 0.221 e. The molecule has 0 aliphatic heterocycles. The molecular weight excluding hydrogens is 384 g/mol. The second kappa shape index (κ2) is 13.6. The number of aliphatic hydroxyl groups excluding tert-OH is 3. The average molecular weight is 423 g/mol. The third kappa shape index (κ3) is 8.59. The van der Waals surface area contributed by atoms with Crippen molar-refractivity contribution in [3.8, 4) is 11.8 Å². The molecule has 0 heterocycles. The Bertz CT molecular complexity index is 644. The summed E-state index contributed by atoms with van der Waals surface area (Å²) in [4.78, 5) is 23.5. The molecule has 1 aliphatic rings. The second-order valence-electron chi connectivity index (χ2n) is 8.37. The average Bonchev–Trinajstić information content (AvgIpc) is 2.98. The zero-order chi connectivity index (χ0) is 22.6. The first kappa shape index (κ1) is 26.4. The van der Waals surface area contributed by atoms with E-state index >= 15 is 0 Å². The molecule has 4 atom stereocenters. The molecule has 1 saturated carbocycles. The third-order valence-corrected chi connectivity index (χ3v) is 6.00. The Balaban J connectivity index is 2.52. The predicted octanol–water partition coefficient (Wildman–Crippen LogP) is 3.23. The summed E-state index contributed by atoms with van der Waals surface area (Å²) in [6.45, 7) is 3.09. The summed E-state index contributed by atoms with van der Waals surface area (Å²) in [5.74, 6) is 4.44. The first-order chi connectivity index (χ1) is 14.3. The molecule has 0 amide bonds. The first-order valence-electron chi connectivity index (χ1n) is 11.2. The van der Waals surface area contributed by atoms with Crippen molar-refractivity contribution >= 4 is 11.6 Å². The van der Waals surface area contributed by atoms with Crippen LogP contribution in [-0.4, -0.2) is 50.3 Å². The van der Waals surface area contributed by atoms with Gasteiger partial charge in [-0.25, -0.2) is 0 Å². The Morgan fingerprint density at radius 2 is 1.90 bits per heavy atom. The van der Waals surface area contributed by atoms with Gasteiger partial charge >= 0.3 is 0 Å². The molecule has 4 N–H and O–H groups in total. The molecule has 170 valence electrons. The highest BCUT2D eigenvalue weighted by Crippen LogP contribution is 2.37. The van der Waals surface area contributed by atoms with Crippen molar-refractivity contribution in [2.24, 2.45) is 11.8 Å². The number of hydrogen-bond acceptors (Lipinski definition) is 6. The van der Waals surface area contributed by atoms with E-state index in [0.717, 1.165) is 19.3 Å². The van der Waals surface area contributed by atoms with Gasteiger partial charge in [-0.2, -0.15) is 0 Å². The van der Waals surface area contributed by atoms with Gasteiger partial charge in [-0.3, -0.25) is 9.59 Å². The van der Waals surface area contributed by atoms with Crippen LogP contribution in [-0.2, 0) is 9.59 Å². The van der Waals surface area contributed by atoms with Gasteiger partial charge in [0.05, 0.1) is 6.10 Å². The fourth-order valence-electron chi connectivity index (χ4n) is 4.31. The number of unbranched alkanes of at least 4 members (excludes halogenated alkanes) is 3. The molecule has 0 radical (unpaired) electrons. The quantitative estimate of drug-likeness (QED) is 0.148. The highest BCUT2D eigenvalue weighted by Gasteiger charge is 2.40. The number of ketones is 2. The fourth-order valence-corrected chi connectivity index (χ4v) is 4.31. The smallest absolute Gasteiger partial charge is 0.221 e. The lowest BCUT2D eigenvalue weighted by Crippen LogP contribution is -2.28. The van der Waals surface area contributed by atoms with E-state index in [2.05, 4.69) is 18.8 Å². The largest absolute Gasteiger partial charge is 0.505 e. The number of carbonyl (C=O) groups is 2. The summed E-state index contributed by atoms with van der Waals surface area (Å²) in [7, 11) is 0. The number of rotatable bonds is 14. The summed E-state index contributed by atoms with van der Waals surface area (Å²) >= 11 is 0. The van der Waals surface area contributed by atoms with Crippen molar-refractivity contribution in [1.29, 1.82) is 0 Å². The Morgan fingerprint density at radius 1 is 1.20 bits per heavy atom. The van der Waals surface area contributed by atoms with Crippen molar-refractivity contribution < 1.29 is 30.0 Å². The molecule has 1 rings (SSSR count). The zero-order valence-electron chi connectivity index (χ0n) is 18.4. The van der Waals surface area contributed by atoms with Crippen LogP contribution >= 0.6 is 0 Å². The Hall–Kier alpha value is -1.68. The monoisotopic (exact) mass is 422 g/mol. The predicted molar refractivity (Wildman–Crippen MR) is 116 cm³/mol. The van der Waals surface area contributed by atoms with Crippen LogP contribution < -0.4 is 0 Å². The van der Waals surface area contributed by atoms with Crippen LogP contribution in [0.2, 0.25) is 0 Å². The molecule has 0 aromatic heterocycles. The van der Waals surface area contributed by atoms with E-state index in [-0.39, 0.29) is 24.0 Å². The maximum absolute atomic E-state index is 12.3. The summed E-state index contributed by atoms with van der Waals surface area (Å²) in [6, 6.07) is 0. The third-order valence-electron chi connectivity index (χ3n) is 6.00. The molecule has 0 spiro atoms. The van der Waals surface area contributed by atoms with Crippen LogP contribution in [0.25, 0.3) is 0 Å². The molecule has 0 aromatic rings. The van der Waals surface area contributed by atoms with Crippen molar-refractivity contribution in [1.82, 2.24) is 0 Å². The lowest BCUT2D eigenvalue weighted by atomic mass is 9.83. The molecule has 1 aliphatic carbocycles. The van der Waals surface area contributed by atoms with Gasteiger partial charge in [0.1, 0.15) is 18.0 Å². The minimum absolute atomic E-state index is 0.0935. The van der Waals surface area contributed by atoms with Crippen molar-refractivity contribution in [2.75, 3.05) is 6.61 Å². The molecule has 0 saturated heterocycles. The van der Waals surface area contributed by atoms with Gasteiger partial charge in [-0.15, -0.1) is 5.92 Å². The Labute approximate surface area is 180 Å². The number of Topliss-reactive ketones (excluding diaryl/α,β-unsaturated/α-hetero) is 2. The van der Waals surface area contributed by atoms with E-state index in [1.807, 2.05) is 0 Å². The van der Waals surface area contributed by atoms with Gasteiger partial charge in [-0.1, -0.05) is 25.7 Å². The van der Waals surface area contributed by atoms with Gasteiger partial charge in [0.15, 0.2) is 5.76 Å². The van der Waals surface area contributed by atoms with Gasteiger partial charge < -0.3 is 20.4 Å². The van der Waals surface area contributed by atoms with Crippen LogP contribution in [0.4, 0.5) is 0 Å². The van der Waals surface area contributed by atoms with Crippen LogP contribution in [0.5, 0.6) is 0 Å². The van der Waals surface area contributed by atoms with Crippen molar-refractivity contribution in [2.45, 2.75) is 96.2 Å². The summed E-state index contributed by atoms with van der Waals surface area (Å²) < 4.78 is 0. The van der Waals surface area contributed by atoms with Gasteiger partial charge in [0.25, 0.3) is 0 Å². The molecule has 1 fully saturated rings. The lowest BCUT2D eigenvalue weighted by molar-refractivity contribution is -0.121. The van der Waals surface area contributed by atoms with Gasteiger partial charge in [0.2, 0.25) is 5.78 Å². The highest BCUT2D eigenvalue weighted by atomic mass is 16.3. The van der Waals surface area contributed by atoms with E-state index in [1.165, 1.54) is 6.08 Å². The molecular formula is C24H38O6. The highest BCUT2D eigenvalue weighted by molar-refractivity contribution is 5.93. The number of aliphatic hydroxyl groups is 4. The van der Waals surface area contributed by atoms with E-state index in [1.54, 1.807) is 6.92 Å². The maximum atomic E-state index is 12.3. The van der Waals surface area contributed by atoms with Crippen LogP contribution in [0.15, 0.2) is 11.8 Å². The summed E-state index contributed by atoms with van der Waals surface area (Å²) in [6.07, 6.45) is 8.04. The van der Waals surface area contributed by atoms with Gasteiger partial charge in [-0.05, 0) is 70.3 Å². The molecule has 0 aromatic carbocycles. The van der Waals surface area contributed by atoms with E-state index < -0.39 is 29.9 Å². The molecule has 0 bridgehead atoms. The summed E-state index contributed by atoms with van der Waals surface area (Å²) in [5.41, 5.74) is -0.992. The second-order valence-corrected chi connectivity index (χ2v) is 8.37. The molecule has 30 heavy (non-hydrogen) atoms. The lowest BCUT2D eigenvalue weighted by Gasteiger charge is -2.25. The molecule has 6 heteroatoms. The topological polar surface area (TPSA) is 115 Å². The SMILES string of the molecule is CC#CC(O)(CCCC)CCC[C@H]1[C@H](O)CC(=O)[C@@H]1CCCCC=C(O)C(=O)CO. The van der Waals surface area contributed by atoms with Crippen molar-refractivity contribution in [3.63, 3.8) is 0 Å². The molecule has 1 unspecified atom stereocenters. The van der Waals surface area contributed by atoms with Crippen LogP contribution in [0.1, 0.15) is 84.5 Å². The van der Waals surface area contributed by atoms with E-state index in [0.29, 0.717) is 44.9 Å². The van der Waals surface area contributed by atoms with Crippen molar-refractivity contribution in [3.05, 3.63) is 11.8 Å². The Morgan fingerprint density at radius 3 is 2.53 bits per heavy atom. The standard InChI is InChI=1S/C24H38O6/c1-3-5-14-24(30,13-4-2)15-9-11-19-18(21(27)16-22(19)28)10-7-6-8-12-20(26)23(29)17-25/h12,18-19,22,25-26,28,30H,3,5-11,14-17H2,1-2H3/t18-,19-,22-,24?/m1/s1. The van der Waals surface area contributed by atoms with E-state index in [4.69, 9.17) is 5.11 Å². The first-order valence-corrected chi connectivity index (χ1v) is 11.2. The number of hydrogen-bond donors (Lipinski definition) is 4. The minimum atomic E-state index is -0.992. The van der Waals surface area contributed by atoms with Crippen LogP contribution in [0.3, 0.4) is 0 Å². The van der Waals surface area contributed by atoms with E-state index in [9.17, 15) is 24.9 Å². The summed E-state index contributed by atoms with van der Waals surface area (Å²) in [5, 5.41) is 39.2. The number of carbonyl (C=O) groups excluding carboxylic acids is 2. The normalized spacial score (nSPS) is 23.7. The zero-order valence-corrected chi connectivity index (χ0v) is 18.4.